The van der Waals surface area contributed by atoms with Crippen molar-refractivity contribution in [3.05, 3.63) is 46.8 Å². The molecule has 1 atom stereocenters. The molecule has 2 aromatic rings. The zero-order valence-electron chi connectivity index (χ0n) is 21.2. The van der Waals surface area contributed by atoms with E-state index < -0.39 is 0 Å². The molecule has 2 amide bonds. The van der Waals surface area contributed by atoms with Gasteiger partial charge in [-0.25, -0.2) is 0 Å². The molecule has 0 radical (unpaired) electrons. The second-order valence-electron chi connectivity index (χ2n) is 9.46. The summed E-state index contributed by atoms with van der Waals surface area (Å²) >= 11 is 0. The van der Waals surface area contributed by atoms with Crippen LogP contribution in [0.2, 0.25) is 0 Å². The van der Waals surface area contributed by atoms with Crippen LogP contribution in [0.15, 0.2) is 24.3 Å². The molecule has 0 saturated carbocycles. The Hall–Kier alpha value is -2.75. The van der Waals surface area contributed by atoms with Crippen LogP contribution in [-0.4, -0.2) is 77.3 Å². The number of hydrogen-bond acceptors (Lipinski definition) is 6. The van der Waals surface area contributed by atoms with E-state index in [4.69, 9.17) is 9.84 Å². The molecule has 4 rings (SSSR count). The first kappa shape index (κ1) is 25.3. The average Bonchev–Trinajstić information content (AvgIpc) is 3.46. The van der Waals surface area contributed by atoms with Gasteiger partial charge >= 0.3 is 0 Å². The predicted molar refractivity (Wildman–Crippen MR) is 135 cm³/mol. The van der Waals surface area contributed by atoms with Gasteiger partial charge in [0, 0.05) is 69.6 Å². The maximum Gasteiger partial charge on any atom is 0.272 e. The van der Waals surface area contributed by atoms with E-state index in [-0.39, 0.29) is 11.8 Å². The molecular formula is C26H38N6O3. The highest BCUT2D eigenvalue weighted by Gasteiger charge is 2.29. The van der Waals surface area contributed by atoms with Crippen molar-refractivity contribution in [3.63, 3.8) is 0 Å². The number of ether oxygens (including phenoxy) is 1. The van der Waals surface area contributed by atoms with Gasteiger partial charge < -0.3 is 15.4 Å². The lowest BCUT2D eigenvalue weighted by atomic mass is 10.0. The number of aromatic nitrogens is 2. The third-order valence-corrected chi connectivity index (χ3v) is 7.02. The van der Waals surface area contributed by atoms with Gasteiger partial charge in [0.25, 0.3) is 5.91 Å². The average molecular weight is 483 g/mol. The highest BCUT2D eigenvalue weighted by Crippen LogP contribution is 2.25. The molecule has 1 aromatic carbocycles. The number of hydrogen-bond donors (Lipinski definition) is 2. The first-order valence-corrected chi connectivity index (χ1v) is 12.7. The van der Waals surface area contributed by atoms with Crippen LogP contribution in [0.3, 0.4) is 0 Å². The Morgan fingerprint density at radius 1 is 1.20 bits per heavy atom. The van der Waals surface area contributed by atoms with Crippen LogP contribution in [0, 0.1) is 0 Å². The topological polar surface area (TPSA) is 91.7 Å². The molecule has 2 N–H and O–H groups in total. The number of rotatable bonds is 10. The monoisotopic (exact) mass is 482 g/mol. The number of anilines is 1. The number of benzene rings is 1. The number of carbonyl (C=O) groups is 2. The molecular weight excluding hydrogens is 444 g/mol. The van der Waals surface area contributed by atoms with Crippen molar-refractivity contribution < 1.29 is 14.3 Å². The lowest BCUT2D eigenvalue weighted by molar-refractivity contribution is -0.114. The van der Waals surface area contributed by atoms with Crippen molar-refractivity contribution in [1.29, 1.82) is 0 Å². The van der Waals surface area contributed by atoms with Gasteiger partial charge in [-0.2, -0.15) is 5.10 Å². The quantitative estimate of drug-likeness (QED) is 0.540. The van der Waals surface area contributed by atoms with Crippen LogP contribution in [0.25, 0.3) is 0 Å². The molecule has 9 nitrogen and oxygen atoms in total. The first-order chi connectivity index (χ1) is 17.0. The van der Waals surface area contributed by atoms with Crippen molar-refractivity contribution in [2.24, 2.45) is 0 Å². The van der Waals surface area contributed by atoms with Gasteiger partial charge in [-0.15, -0.1) is 0 Å². The molecule has 2 aliphatic heterocycles. The van der Waals surface area contributed by atoms with E-state index in [0.29, 0.717) is 38.0 Å². The van der Waals surface area contributed by atoms with E-state index in [1.54, 1.807) is 7.11 Å². The van der Waals surface area contributed by atoms with Gasteiger partial charge in [0.05, 0.1) is 13.2 Å². The number of amides is 2. The minimum atomic E-state index is -0.0816. The minimum absolute atomic E-state index is 0.0760. The lowest BCUT2D eigenvalue weighted by Crippen LogP contribution is -2.40. The maximum absolute atomic E-state index is 13.3. The van der Waals surface area contributed by atoms with Crippen LogP contribution < -0.4 is 10.6 Å². The van der Waals surface area contributed by atoms with E-state index in [1.807, 2.05) is 28.9 Å². The molecule has 9 heteroatoms. The van der Waals surface area contributed by atoms with Gasteiger partial charge in [0.1, 0.15) is 0 Å². The summed E-state index contributed by atoms with van der Waals surface area (Å²) in [6, 6.07) is 8.34. The van der Waals surface area contributed by atoms with Gasteiger partial charge in [-0.1, -0.05) is 19.1 Å². The Morgan fingerprint density at radius 3 is 2.71 bits per heavy atom. The molecule has 2 aliphatic rings. The molecule has 1 fully saturated rings. The van der Waals surface area contributed by atoms with Crippen molar-refractivity contribution in [2.75, 3.05) is 45.2 Å². The van der Waals surface area contributed by atoms with Gasteiger partial charge in [0.15, 0.2) is 5.69 Å². The molecule has 1 aromatic heterocycles. The number of nitrogens with one attached hydrogen (secondary N) is 2. The first-order valence-electron chi connectivity index (χ1n) is 12.7. The number of carbonyl (C=O) groups excluding carboxylic acids is 2. The van der Waals surface area contributed by atoms with Gasteiger partial charge in [-0.3, -0.25) is 24.1 Å². The summed E-state index contributed by atoms with van der Waals surface area (Å²) in [5.41, 5.74) is 4.67. The van der Waals surface area contributed by atoms with Crippen LogP contribution in [0.5, 0.6) is 0 Å². The molecule has 190 valence electrons. The highest BCUT2D eigenvalue weighted by molar-refractivity contribution is 5.94. The normalized spacial score (nSPS) is 18.4. The molecule has 0 spiro atoms. The van der Waals surface area contributed by atoms with Crippen LogP contribution in [0.4, 0.5) is 5.69 Å². The van der Waals surface area contributed by atoms with E-state index >= 15 is 0 Å². The summed E-state index contributed by atoms with van der Waals surface area (Å²) in [7, 11) is 1.68. The Kier molecular flexibility index (Phi) is 8.54. The molecule has 3 heterocycles. The number of fused-ring (bicyclic) bond motifs is 1. The number of nitrogens with zero attached hydrogens (tertiary/aromatic N) is 4. The SMILES string of the molecule is CCN1CCCC1CNC(=O)c1nn(CCOC)c2c1CN(Cc1ccc(NC(C)=O)cc1)CC2. The van der Waals surface area contributed by atoms with Crippen molar-refractivity contribution >= 4 is 17.5 Å². The van der Waals surface area contributed by atoms with Crippen LogP contribution >= 0.6 is 0 Å². The van der Waals surface area contributed by atoms with Crippen LogP contribution in [-0.2, 0) is 35.6 Å². The molecule has 0 aliphatic carbocycles. The Labute approximate surface area is 207 Å². The largest absolute Gasteiger partial charge is 0.383 e. The summed E-state index contributed by atoms with van der Waals surface area (Å²) in [6.07, 6.45) is 3.16. The smallest absolute Gasteiger partial charge is 0.272 e. The summed E-state index contributed by atoms with van der Waals surface area (Å²) in [5.74, 6) is -0.158. The van der Waals surface area contributed by atoms with Crippen LogP contribution in [0.1, 0.15) is 54.0 Å². The van der Waals surface area contributed by atoms with Crippen molar-refractivity contribution in [1.82, 2.24) is 24.9 Å². The lowest BCUT2D eigenvalue weighted by Gasteiger charge is -2.28. The Balaban J connectivity index is 1.46. The highest BCUT2D eigenvalue weighted by atomic mass is 16.5. The summed E-state index contributed by atoms with van der Waals surface area (Å²) in [5, 5.41) is 10.7. The maximum atomic E-state index is 13.3. The van der Waals surface area contributed by atoms with Gasteiger partial charge in [-0.05, 0) is 43.6 Å². The minimum Gasteiger partial charge on any atom is -0.383 e. The number of likely N-dealkylation sites (tertiary alicyclic amines) is 1. The summed E-state index contributed by atoms with van der Waals surface area (Å²) < 4.78 is 7.24. The third kappa shape index (κ3) is 6.28. The fourth-order valence-electron chi connectivity index (χ4n) is 5.22. The zero-order chi connectivity index (χ0) is 24.8. The molecule has 0 bridgehead atoms. The Morgan fingerprint density at radius 2 is 2.00 bits per heavy atom. The zero-order valence-corrected chi connectivity index (χ0v) is 21.2. The summed E-state index contributed by atoms with van der Waals surface area (Å²) in [4.78, 5) is 29.3. The van der Waals surface area contributed by atoms with E-state index in [9.17, 15) is 9.59 Å². The van der Waals surface area contributed by atoms with E-state index in [0.717, 1.165) is 56.0 Å². The molecule has 1 saturated heterocycles. The molecule has 35 heavy (non-hydrogen) atoms. The van der Waals surface area contributed by atoms with Gasteiger partial charge in [0.2, 0.25) is 5.91 Å². The second-order valence-corrected chi connectivity index (χ2v) is 9.46. The van der Waals surface area contributed by atoms with Crippen molar-refractivity contribution in [2.45, 2.75) is 58.8 Å². The third-order valence-electron chi connectivity index (χ3n) is 7.02. The Bertz CT molecular complexity index is 1020. The van der Waals surface area contributed by atoms with Crippen molar-refractivity contribution in [3.8, 4) is 0 Å². The fraction of sp³-hybridized carbons (Fsp3) is 0.577. The number of methoxy groups -OCH3 is 1. The predicted octanol–water partition coefficient (Wildman–Crippen LogP) is 2.26. The summed E-state index contributed by atoms with van der Waals surface area (Å²) in [6.45, 7) is 10.0. The van der Waals surface area contributed by atoms with E-state index in [2.05, 4.69) is 27.4 Å². The second kappa shape index (κ2) is 11.8. The molecule has 1 unspecified atom stereocenters. The van der Waals surface area contributed by atoms with E-state index in [1.165, 1.54) is 18.9 Å². The standard InChI is InChI=1S/C26H38N6O3/c1-4-31-12-5-6-22(31)16-27-26(34)25-23-18-30(13-11-24(23)32(29-25)14-15-35-3)17-20-7-9-21(10-8-20)28-19(2)33/h7-10,22H,4-6,11-18H2,1-3H3,(H,27,34)(H,28,33). The number of likely N-dealkylation sites (N-methyl/N-ethyl adjacent to an activating group) is 1. The fourth-order valence-corrected chi connectivity index (χ4v) is 5.22.